The summed E-state index contributed by atoms with van der Waals surface area (Å²) in [4.78, 5) is 24.4. The predicted octanol–water partition coefficient (Wildman–Crippen LogP) is 3.94. The second-order valence-electron chi connectivity index (χ2n) is 7.82. The van der Waals surface area contributed by atoms with Gasteiger partial charge in [-0.2, -0.15) is 5.10 Å². The van der Waals surface area contributed by atoms with Crippen molar-refractivity contribution < 1.29 is 27.5 Å². The molecule has 0 aliphatic carbocycles. The number of hydrazone groups is 1. The number of nitrogens with zero attached hydrogens (tertiary/aromatic N) is 2. The maximum Gasteiger partial charge on any atom is 0.262 e. The molecule has 13 heteroatoms. The molecule has 0 aliphatic rings. The lowest BCUT2D eigenvalue weighted by molar-refractivity contribution is -0.119. The largest absolute Gasteiger partial charge is 0.497 e. The number of halogens is 2. The Kier molecular flexibility index (Phi) is 9.94. The maximum absolute atomic E-state index is 12.3. The Morgan fingerprint density at radius 2 is 1.55 bits per heavy atom. The van der Waals surface area contributed by atoms with Crippen molar-refractivity contribution in [1.82, 2.24) is 5.43 Å². The smallest absolute Gasteiger partial charge is 0.262 e. The molecule has 0 aliphatic heterocycles. The Hall–Kier alpha value is -3.80. The van der Waals surface area contributed by atoms with Crippen LogP contribution in [-0.4, -0.2) is 53.0 Å². The van der Waals surface area contributed by atoms with Gasteiger partial charge in [0, 0.05) is 15.7 Å². The number of hydrogen-bond acceptors (Lipinski definition) is 7. The third kappa shape index (κ3) is 8.94. The van der Waals surface area contributed by atoms with E-state index in [2.05, 4.69) is 15.8 Å². The molecule has 3 rings (SSSR count). The highest BCUT2D eigenvalue weighted by atomic mass is 35.5. The molecule has 3 aromatic carbocycles. The van der Waals surface area contributed by atoms with E-state index in [0.29, 0.717) is 22.7 Å². The lowest BCUT2D eigenvalue weighted by Gasteiger charge is -2.21. The van der Waals surface area contributed by atoms with E-state index in [9.17, 15) is 18.0 Å². The number of rotatable bonds is 11. The van der Waals surface area contributed by atoms with Crippen LogP contribution in [0.15, 0.2) is 71.8 Å². The van der Waals surface area contributed by atoms with E-state index in [4.69, 9.17) is 32.7 Å². The number of sulfonamides is 1. The van der Waals surface area contributed by atoms with Crippen LogP contribution in [0.25, 0.3) is 0 Å². The Morgan fingerprint density at radius 3 is 2.13 bits per heavy atom. The molecule has 0 bridgehead atoms. The number of hydrogen-bond donors (Lipinski definition) is 2. The number of carbonyl (C=O) groups is 2. The third-order valence-corrected chi connectivity index (χ3v) is 6.43. The monoisotopic (exact) mass is 578 g/mol. The van der Waals surface area contributed by atoms with Gasteiger partial charge >= 0.3 is 0 Å². The zero-order chi connectivity index (χ0) is 27.7. The zero-order valence-electron chi connectivity index (χ0n) is 20.4. The van der Waals surface area contributed by atoms with E-state index in [1.807, 2.05) is 0 Å². The SMILES string of the molecule is COc1ccc(NC(=O)COc2ccc(/C=N/NC(=O)CN(c3cc(Cl)cc(Cl)c3)S(C)(=O)=O)cc2)cc1. The summed E-state index contributed by atoms with van der Waals surface area (Å²) in [7, 11) is -2.25. The van der Waals surface area contributed by atoms with E-state index in [0.717, 1.165) is 10.6 Å². The molecule has 0 aromatic heterocycles. The summed E-state index contributed by atoms with van der Waals surface area (Å²) in [6.07, 6.45) is 2.34. The van der Waals surface area contributed by atoms with Gasteiger partial charge in [0.05, 0.1) is 25.3 Å². The predicted molar refractivity (Wildman–Crippen MR) is 148 cm³/mol. The van der Waals surface area contributed by atoms with E-state index < -0.39 is 22.5 Å². The van der Waals surface area contributed by atoms with Crippen LogP contribution in [0.5, 0.6) is 11.5 Å². The lowest BCUT2D eigenvalue weighted by atomic mass is 10.2. The van der Waals surface area contributed by atoms with Gasteiger partial charge in [-0.1, -0.05) is 23.2 Å². The maximum atomic E-state index is 12.3. The summed E-state index contributed by atoms with van der Waals surface area (Å²) >= 11 is 11.9. The molecule has 3 aromatic rings. The Balaban J connectivity index is 1.50. The van der Waals surface area contributed by atoms with Crippen molar-refractivity contribution in [2.45, 2.75) is 0 Å². The Bertz CT molecular complexity index is 1390. The minimum absolute atomic E-state index is 0.150. The highest BCUT2D eigenvalue weighted by molar-refractivity contribution is 7.92. The first-order valence-electron chi connectivity index (χ1n) is 11.0. The van der Waals surface area contributed by atoms with Crippen molar-refractivity contribution in [1.29, 1.82) is 0 Å². The molecule has 0 saturated heterocycles. The molecule has 0 atom stereocenters. The summed E-state index contributed by atoms with van der Waals surface area (Å²) in [5.41, 5.74) is 3.68. The number of anilines is 2. The fraction of sp³-hybridized carbons (Fsp3) is 0.160. The highest BCUT2D eigenvalue weighted by Crippen LogP contribution is 2.26. The molecule has 0 heterocycles. The topological polar surface area (TPSA) is 126 Å². The number of amides is 2. The van der Waals surface area contributed by atoms with Crippen molar-refractivity contribution in [3.63, 3.8) is 0 Å². The lowest BCUT2D eigenvalue weighted by Crippen LogP contribution is -2.39. The van der Waals surface area contributed by atoms with Crippen LogP contribution >= 0.6 is 23.2 Å². The van der Waals surface area contributed by atoms with Crippen LogP contribution < -0.4 is 24.5 Å². The molecule has 200 valence electrons. The average molecular weight is 579 g/mol. The molecular weight excluding hydrogens is 555 g/mol. The normalized spacial score (nSPS) is 11.2. The molecule has 0 saturated carbocycles. The van der Waals surface area contributed by atoms with Crippen molar-refractivity contribution in [3.8, 4) is 11.5 Å². The van der Waals surface area contributed by atoms with Crippen LogP contribution in [0.1, 0.15) is 5.56 Å². The van der Waals surface area contributed by atoms with Gasteiger partial charge in [-0.25, -0.2) is 13.8 Å². The second-order valence-corrected chi connectivity index (χ2v) is 10.6. The Morgan fingerprint density at radius 1 is 0.947 bits per heavy atom. The highest BCUT2D eigenvalue weighted by Gasteiger charge is 2.21. The number of ether oxygens (including phenoxy) is 2. The number of nitrogens with one attached hydrogen (secondary N) is 2. The third-order valence-electron chi connectivity index (χ3n) is 4.85. The molecular formula is C25H24Cl2N4O6S. The minimum atomic E-state index is -3.81. The quantitative estimate of drug-likeness (QED) is 0.262. The van der Waals surface area contributed by atoms with Crippen LogP contribution in [0, 0.1) is 0 Å². The first kappa shape index (κ1) is 28.8. The van der Waals surface area contributed by atoms with Gasteiger partial charge in [0.15, 0.2) is 6.61 Å². The van der Waals surface area contributed by atoms with Crippen LogP contribution in [0.2, 0.25) is 10.0 Å². The van der Waals surface area contributed by atoms with Gasteiger partial charge in [-0.3, -0.25) is 13.9 Å². The van der Waals surface area contributed by atoms with Gasteiger partial charge in [0.25, 0.3) is 11.8 Å². The van der Waals surface area contributed by atoms with Gasteiger partial charge in [0.2, 0.25) is 10.0 Å². The van der Waals surface area contributed by atoms with Gasteiger partial charge in [-0.15, -0.1) is 0 Å². The van der Waals surface area contributed by atoms with Gasteiger partial charge in [0.1, 0.15) is 18.0 Å². The molecule has 2 N–H and O–H groups in total. The molecule has 0 spiro atoms. The van der Waals surface area contributed by atoms with Gasteiger partial charge < -0.3 is 14.8 Å². The zero-order valence-corrected chi connectivity index (χ0v) is 22.7. The molecule has 2 amide bonds. The van der Waals surface area contributed by atoms with Crippen molar-refractivity contribution in [2.75, 3.05) is 36.1 Å². The molecule has 10 nitrogen and oxygen atoms in total. The summed E-state index contributed by atoms with van der Waals surface area (Å²) < 4.78 is 35.8. The molecule has 38 heavy (non-hydrogen) atoms. The van der Waals surface area contributed by atoms with E-state index >= 15 is 0 Å². The molecule has 0 fully saturated rings. The van der Waals surface area contributed by atoms with Crippen LogP contribution in [0.4, 0.5) is 11.4 Å². The summed E-state index contributed by atoms with van der Waals surface area (Å²) in [5, 5.41) is 7.03. The van der Waals surface area contributed by atoms with Crippen molar-refractivity contribution in [3.05, 3.63) is 82.3 Å². The number of benzene rings is 3. The first-order valence-corrected chi connectivity index (χ1v) is 13.6. The first-order chi connectivity index (χ1) is 18.0. The average Bonchev–Trinajstić information content (AvgIpc) is 2.86. The van der Waals surface area contributed by atoms with E-state index in [1.165, 1.54) is 24.4 Å². The van der Waals surface area contributed by atoms with Gasteiger partial charge in [-0.05, 0) is 72.3 Å². The van der Waals surface area contributed by atoms with Crippen LogP contribution in [0.3, 0.4) is 0 Å². The fourth-order valence-corrected chi connectivity index (χ4v) is 4.45. The number of methoxy groups -OCH3 is 1. The fourth-order valence-electron chi connectivity index (χ4n) is 3.10. The summed E-state index contributed by atoms with van der Waals surface area (Å²) in [5.74, 6) is 0.138. The standard InChI is InChI=1S/C25H24Cl2N4O6S/c1-36-22-9-5-20(6-10-22)29-25(33)16-37-23-7-3-17(4-8-23)14-28-30-24(32)15-31(38(2,34)35)21-12-18(26)11-19(27)13-21/h3-14H,15-16H2,1-2H3,(H,29,33)(H,30,32)/b28-14+. The molecule has 0 radical (unpaired) electrons. The number of carbonyl (C=O) groups excluding carboxylic acids is 2. The summed E-state index contributed by atoms with van der Waals surface area (Å²) in [6, 6.07) is 17.7. The van der Waals surface area contributed by atoms with E-state index in [1.54, 1.807) is 55.6 Å². The Labute approximate surface area is 230 Å². The minimum Gasteiger partial charge on any atom is -0.497 e. The van der Waals surface area contributed by atoms with Crippen LogP contribution in [-0.2, 0) is 19.6 Å². The summed E-state index contributed by atoms with van der Waals surface area (Å²) in [6.45, 7) is -0.720. The second kappa shape index (κ2) is 13.1. The van der Waals surface area contributed by atoms with Crippen molar-refractivity contribution in [2.24, 2.45) is 5.10 Å². The van der Waals surface area contributed by atoms with Crippen molar-refractivity contribution >= 4 is 62.6 Å². The van der Waals surface area contributed by atoms with E-state index in [-0.39, 0.29) is 28.2 Å². The molecule has 0 unspecified atom stereocenters.